The van der Waals surface area contributed by atoms with Gasteiger partial charge in [0.2, 0.25) is 0 Å². The highest BCUT2D eigenvalue weighted by molar-refractivity contribution is 5.51. The molecule has 2 nitrogen and oxygen atoms in total. The largest absolute Gasteiger partial charge is 0.385 e. The van der Waals surface area contributed by atoms with E-state index in [1.54, 1.807) is 0 Å². The van der Waals surface area contributed by atoms with Gasteiger partial charge in [-0.2, -0.15) is 0 Å². The Morgan fingerprint density at radius 2 is 0.551 bits per heavy atom. The number of benzene rings is 2. The SMILES string of the molecule is CCCCCCCCCCCCCCCCNc1ccc(C(C)(C)c2ccc(NCCCCCCCCCCCCCCCC)cc2)cc1. The van der Waals surface area contributed by atoms with Gasteiger partial charge < -0.3 is 10.6 Å². The van der Waals surface area contributed by atoms with E-state index >= 15 is 0 Å². The Kier molecular flexibility index (Phi) is 26.2. The fourth-order valence-electron chi connectivity index (χ4n) is 7.28. The highest BCUT2D eigenvalue weighted by Gasteiger charge is 2.23. The number of unbranched alkanes of at least 4 members (excludes halogenated alkanes) is 26. The molecule has 2 rings (SSSR count). The predicted molar refractivity (Wildman–Crippen MR) is 223 cm³/mol. The van der Waals surface area contributed by atoms with Crippen LogP contribution in [0.25, 0.3) is 0 Å². The maximum atomic E-state index is 3.66. The van der Waals surface area contributed by atoms with Crippen molar-refractivity contribution in [2.24, 2.45) is 0 Å². The third kappa shape index (κ3) is 21.8. The van der Waals surface area contributed by atoms with Gasteiger partial charge in [0.05, 0.1) is 0 Å². The van der Waals surface area contributed by atoms with Crippen molar-refractivity contribution < 1.29 is 0 Å². The van der Waals surface area contributed by atoms with Crippen LogP contribution in [0.2, 0.25) is 0 Å². The van der Waals surface area contributed by atoms with Crippen molar-refractivity contribution in [3.8, 4) is 0 Å². The molecule has 2 aromatic carbocycles. The Morgan fingerprint density at radius 3 is 0.796 bits per heavy atom. The van der Waals surface area contributed by atoms with Crippen LogP contribution in [-0.2, 0) is 5.41 Å². The summed E-state index contributed by atoms with van der Waals surface area (Å²) < 4.78 is 0. The predicted octanol–water partition coefficient (Wildman–Crippen LogP) is 15.8. The zero-order valence-corrected chi connectivity index (χ0v) is 33.3. The quantitative estimate of drug-likeness (QED) is 0.0722. The molecule has 0 saturated heterocycles. The second kappa shape index (κ2) is 29.7. The Morgan fingerprint density at radius 1 is 0.327 bits per heavy atom. The molecular weight excluding hydrogens is 593 g/mol. The van der Waals surface area contributed by atoms with Crippen LogP contribution in [0.15, 0.2) is 48.5 Å². The summed E-state index contributed by atoms with van der Waals surface area (Å²) in [6.45, 7) is 11.5. The third-order valence-electron chi connectivity index (χ3n) is 10.9. The van der Waals surface area contributed by atoms with Gasteiger partial charge in [0.1, 0.15) is 0 Å². The average molecular weight is 675 g/mol. The number of rotatable bonds is 34. The molecule has 0 aromatic heterocycles. The maximum absolute atomic E-state index is 3.66. The van der Waals surface area contributed by atoms with E-state index in [1.165, 1.54) is 202 Å². The fourth-order valence-corrected chi connectivity index (χ4v) is 7.28. The van der Waals surface area contributed by atoms with Crippen molar-refractivity contribution in [1.29, 1.82) is 0 Å². The van der Waals surface area contributed by atoms with Crippen molar-refractivity contribution in [3.63, 3.8) is 0 Å². The molecule has 0 spiro atoms. The van der Waals surface area contributed by atoms with E-state index in [1.807, 2.05) is 0 Å². The van der Waals surface area contributed by atoms with Gasteiger partial charge in [-0.05, 0) is 48.2 Å². The number of hydrogen-bond donors (Lipinski definition) is 2. The van der Waals surface area contributed by atoms with E-state index < -0.39 is 0 Å². The van der Waals surface area contributed by atoms with Crippen LogP contribution in [-0.4, -0.2) is 13.1 Å². The second-order valence-corrected chi connectivity index (χ2v) is 15.8. The Hall–Kier alpha value is -1.96. The third-order valence-corrected chi connectivity index (χ3v) is 10.9. The molecule has 0 fully saturated rings. The van der Waals surface area contributed by atoms with Gasteiger partial charge in [-0.1, -0.05) is 219 Å². The van der Waals surface area contributed by atoms with Crippen LogP contribution < -0.4 is 10.6 Å². The molecule has 0 bridgehead atoms. The van der Waals surface area contributed by atoms with Crippen LogP contribution in [0.1, 0.15) is 219 Å². The molecule has 2 aromatic rings. The molecule has 49 heavy (non-hydrogen) atoms. The van der Waals surface area contributed by atoms with E-state index in [4.69, 9.17) is 0 Å². The van der Waals surface area contributed by atoms with Crippen molar-refractivity contribution in [3.05, 3.63) is 59.7 Å². The van der Waals surface area contributed by atoms with Crippen LogP contribution in [0.3, 0.4) is 0 Å². The summed E-state index contributed by atoms with van der Waals surface area (Å²) in [5, 5.41) is 7.32. The van der Waals surface area contributed by atoms with Gasteiger partial charge >= 0.3 is 0 Å². The van der Waals surface area contributed by atoms with Crippen molar-refractivity contribution in [1.82, 2.24) is 0 Å². The Balaban J connectivity index is 1.49. The van der Waals surface area contributed by atoms with Gasteiger partial charge in [-0.3, -0.25) is 0 Å². The molecule has 0 aliphatic carbocycles. The van der Waals surface area contributed by atoms with Gasteiger partial charge in [0.15, 0.2) is 0 Å². The van der Waals surface area contributed by atoms with Crippen molar-refractivity contribution in [2.75, 3.05) is 23.7 Å². The molecule has 2 N–H and O–H groups in total. The Bertz CT molecular complexity index is 897. The molecule has 0 radical (unpaired) electrons. The lowest BCUT2D eigenvalue weighted by Gasteiger charge is -2.26. The number of hydrogen-bond acceptors (Lipinski definition) is 2. The van der Waals surface area contributed by atoms with E-state index in [-0.39, 0.29) is 5.41 Å². The highest BCUT2D eigenvalue weighted by Crippen LogP contribution is 2.33. The summed E-state index contributed by atoms with van der Waals surface area (Å²) in [5.41, 5.74) is 5.23. The first-order valence-corrected chi connectivity index (χ1v) is 21.8. The molecule has 0 aliphatic heterocycles. The molecule has 0 heterocycles. The standard InChI is InChI=1S/C47H82N2/c1-5-7-9-11-13-15-17-19-21-23-25-27-29-31-41-48-45-37-33-43(34-38-45)47(3,4)44-35-39-46(40-36-44)49-42-32-30-28-26-24-22-20-18-16-14-12-10-8-6-2/h33-40,48-49H,5-32,41-42H2,1-4H3. The fraction of sp³-hybridized carbons (Fsp3) is 0.745. The van der Waals surface area contributed by atoms with Crippen LogP contribution in [0, 0.1) is 0 Å². The summed E-state index contributed by atoms with van der Waals surface area (Å²) in [4.78, 5) is 0. The lowest BCUT2D eigenvalue weighted by atomic mass is 9.78. The first kappa shape index (κ1) is 43.2. The lowest BCUT2D eigenvalue weighted by Crippen LogP contribution is -2.19. The van der Waals surface area contributed by atoms with E-state index in [9.17, 15) is 0 Å². The molecule has 0 atom stereocenters. The van der Waals surface area contributed by atoms with E-state index in [0.717, 1.165) is 13.1 Å². The minimum absolute atomic E-state index is 0.0136. The number of nitrogens with one attached hydrogen (secondary N) is 2. The molecule has 0 aliphatic rings. The van der Waals surface area contributed by atoms with E-state index in [0.29, 0.717) is 0 Å². The zero-order valence-electron chi connectivity index (χ0n) is 33.3. The smallest absolute Gasteiger partial charge is 0.0340 e. The first-order chi connectivity index (χ1) is 24.1. The minimum Gasteiger partial charge on any atom is -0.385 e. The molecule has 0 saturated carbocycles. The van der Waals surface area contributed by atoms with Gasteiger partial charge in [0, 0.05) is 29.9 Å². The topological polar surface area (TPSA) is 24.1 Å². The second-order valence-electron chi connectivity index (χ2n) is 15.8. The molecule has 280 valence electrons. The summed E-state index contributed by atoms with van der Waals surface area (Å²) in [7, 11) is 0. The molecule has 0 amide bonds. The summed E-state index contributed by atoms with van der Waals surface area (Å²) in [5.74, 6) is 0. The summed E-state index contributed by atoms with van der Waals surface area (Å²) in [6.07, 6.45) is 39.6. The summed E-state index contributed by atoms with van der Waals surface area (Å²) >= 11 is 0. The first-order valence-electron chi connectivity index (χ1n) is 21.8. The maximum Gasteiger partial charge on any atom is 0.0340 e. The average Bonchev–Trinajstić information content (AvgIpc) is 3.12. The zero-order chi connectivity index (χ0) is 35.1. The van der Waals surface area contributed by atoms with Crippen molar-refractivity contribution in [2.45, 2.75) is 213 Å². The monoisotopic (exact) mass is 675 g/mol. The molecular formula is C47H82N2. The van der Waals surface area contributed by atoms with Crippen molar-refractivity contribution >= 4 is 11.4 Å². The van der Waals surface area contributed by atoms with Gasteiger partial charge in [-0.15, -0.1) is 0 Å². The van der Waals surface area contributed by atoms with Gasteiger partial charge in [-0.25, -0.2) is 0 Å². The summed E-state index contributed by atoms with van der Waals surface area (Å²) in [6, 6.07) is 18.3. The normalized spacial score (nSPS) is 11.7. The molecule has 0 unspecified atom stereocenters. The van der Waals surface area contributed by atoms with E-state index in [2.05, 4.69) is 86.9 Å². The van der Waals surface area contributed by atoms with Crippen LogP contribution >= 0.6 is 0 Å². The highest BCUT2D eigenvalue weighted by atomic mass is 14.9. The number of anilines is 2. The van der Waals surface area contributed by atoms with Crippen LogP contribution in [0.5, 0.6) is 0 Å². The Labute approximate surface area is 306 Å². The lowest BCUT2D eigenvalue weighted by molar-refractivity contribution is 0.537. The molecule has 2 heteroatoms. The van der Waals surface area contributed by atoms with Gasteiger partial charge in [0.25, 0.3) is 0 Å². The minimum atomic E-state index is -0.0136. The van der Waals surface area contributed by atoms with Crippen LogP contribution in [0.4, 0.5) is 11.4 Å².